The van der Waals surface area contributed by atoms with Crippen molar-refractivity contribution >= 4 is 10.9 Å². The number of hydrogen-bond acceptors (Lipinski definition) is 4. The Hall–Kier alpha value is -3.59. The summed E-state index contributed by atoms with van der Waals surface area (Å²) in [6.07, 6.45) is 10.2. The average Bonchev–Trinajstić information content (AvgIpc) is 3.47. The van der Waals surface area contributed by atoms with Gasteiger partial charge < -0.3 is 4.57 Å². The van der Waals surface area contributed by atoms with E-state index in [4.69, 9.17) is 0 Å². The molecule has 0 radical (unpaired) electrons. The Morgan fingerprint density at radius 3 is 2.86 bits per heavy atom. The van der Waals surface area contributed by atoms with Gasteiger partial charge in [0.2, 0.25) is 0 Å². The molecule has 1 fully saturated rings. The predicted molar refractivity (Wildman–Crippen MR) is 108 cm³/mol. The number of aryl methyl sites for hydroxylation is 1. The highest BCUT2D eigenvalue weighted by atomic mass is 15.3. The number of rotatable bonds is 3. The van der Waals surface area contributed by atoms with Crippen molar-refractivity contribution in [2.24, 2.45) is 7.05 Å². The van der Waals surface area contributed by atoms with E-state index in [2.05, 4.69) is 63.3 Å². The minimum absolute atomic E-state index is 0.0856. The Morgan fingerprint density at radius 1 is 1.11 bits per heavy atom. The summed E-state index contributed by atoms with van der Waals surface area (Å²) in [7, 11) is 1.96. The van der Waals surface area contributed by atoms with E-state index in [1.807, 2.05) is 35.4 Å². The second kappa shape index (κ2) is 6.54. The van der Waals surface area contributed by atoms with Crippen LogP contribution in [0.15, 0.2) is 61.2 Å². The number of aromatic nitrogens is 4. The summed E-state index contributed by atoms with van der Waals surface area (Å²) in [6, 6.07) is 14.8. The van der Waals surface area contributed by atoms with Gasteiger partial charge in [-0.3, -0.25) is 9.58 Å². The first-order chi connectivity index (χ1) is 13.7. The van der Waals surface area contributed by atoms with Crippen LogP contribution in [0, 0.1) is 11.5 Å². The molecule has 2 aromatic heterocycles. The lowest BCUT2D eigenvalue weighted by molar-refractivity contribution is 0.281. The summed E-state index contributed by atoms with van der Waals surface area (Å²) in [4.78, 5) is 6.43. The summed E-state index contributed by atoms with van der Waals surface area (Å²) in [6.45, 7) is 0.820. The van der Waals surface area contributed by atoms with E-state index in [0.717, 1.165) is 52.7 Å². The Kier molecular flexibility index (Phi) is 3.87. The maximum atomic E-state index is 9.30. The van der Waals surface area contributed by atoms with Crippen molar-refractivity contribution in [3.05, 3.63) is 61.2 Å². The largest absolute Gasteiger partial charge is 0.315 e. The van der Waals surface area contributed by atoms with Crippen molar-refractivity contribution in [3.8, 4) is 28.6 Å². The highest BCUT2D eigenvalue weighted by Crippen LogP contribution is 2.30. The Bertz CT molecular complexity index is 1200. The SMILES string of the molecule is Cn1ncc2cc(-c3cccc(-c4cn(C5CCCN5C#N)cn4)c3)ccc21. The zero-order valence-electron chi connectivity index (χ0n) is 15.7. The number of nitrogens with zero attached hydrogens (tertiary/aromatic N) is 6. The van der Waals surface area contributed by atoms with Crippen molar-refractivity contribution in [1.82, 2.24) is 24.2 Å². The molecule has 28 heavy (non-hydrogen) atoms. The average molecular weight is 368 g/mol. The van der Waals surface area contributed by atoms with Gasteiger partial charge in [-0.25, -0.2) is 4.98 Å². The fourth-order valence-electron chi connectivity index (χ4n) is 4.03. The van der Waals surface area contributed by atoms with Gasteiger partial charge in [-0.1, -0.05) is 24.3 Å². The maximum absolute atomic E-state index is 9.30. The van der Waals surface area contributed by atoms with E-state index in [1.54, 1.807) is 0 Å². The van der Waals surface area contributed by atoms with Crippen LogP contribution in [0.5, 0.6) is 0 Å². The molecule has 0 N–H and O–H groups in total. The lowest BCUT2D eigenvalue weighted by Gasteiger charge is -2.19. The van der Waals surface area contributed by atoms with Crippen molar-refractivity contribution in [1.29, 1.82) is 5.26 Å². The Morgan fingerprint density at radius 2 is 1.96 bits per heavy atom. The molecule has 1 aliphatic rings. The number of hydrogen-bond donors (Lipinski definition) is 0. The van der Waals surface area contributed by atoms with Gasteiger partial charge in [-0.2, -0.15) is 10.4 Å². The van der Waals surface area contributed by atoms with Gasteiger partial charge in [0.1, 0.15) is 6.17 Å². The van der Waals surface area contributed by atoms with Crippen molar-refractivity contribution in [2.75, 3.05) is 6.54 Å². The van der Waals surface area contributed by atoms with Crippen molar-refractivity contribution in [3.63, 3.8) is 0 Å². The molecule has 0 bridgehead atoms. The first-order valence-corrected chi connectivity index (χ1v) is 9.45. The molecule has 0 saturated carbocycles. The lowest BCUT2D eigenvalue weighted by atomic mass is 10.0. The van der Waals surface area contributed by atoms with Crippen LogP contribution in [-0.4, -0.2) is 30.8 Å². The van der Waals surface area contributed by atoms with E-state index in [9.17, 15) is 5.26 Å². The van der Waals surface area contributed by atoms with E-state index in [-0.39, 0.29) is 6.17 Å². The van der Waals surface area contributed by atoms with Crippen LogP contribution in [0.4, 0.5) is 0 Å². The smallest absolute Gasteiger partial charge is 0.181 e. The van der Waals surface area contributed by atoms with Crippen LogP contribution in [0.2, 0.25) is 0 Å². The zero-order valence-corrected chi connectivity index (χ0v) is 15.7. The Labute approximate surface area is 163 Å². The van der Waals surface area contributed by atoms with E-state index >= 15 is 0 Å². The number of likely N-dealkylation sites (tertiary alicyclic amines) is 1. The highest BCUT2D eigenvalue weighted by molar-refractivity contribution is 5.85. The van der Waals surface area contributed by atoms with Crippen LogP contribution in [0.1, 0.15) is 19.0 Å². The monoisotopic (exact) mass is 368 g/mol. The third kappa shape index (κ3) is 2.72. The summed E-state index contributed by atoms with van der Waals surface area (Å²) in [5.41, 5.74) is 5.43. The van der Waals surface area contributed by atoms with Crippen LogP contribution in [0.25, 0.3) is 33.3 Å². The van der Waals surface area contributed by atoms with Gasteiger partial charge in [-0.15, -0.1) is 0 Å². The molecule has 0 aliphatic carbocycles. The van der Waals surface area contributed by atoms with Gasteiger partial charge in [0.25, 0.3) is 0 Å². The summed E-state index contributed by atoms with van der Waals surface area (Å²) < 4.78 is 3.94. The van der Waals surface area contributed by atoms with Gasteiger partial charge >= 0.3 is 0 Å². The van der Waals surface area contributed by atoms with Crippen LogP contribution < -0.4 is 0 Å². The molecule has 1 atom stereocenters. The number of fused-ring (bicyclic) bond motifs is 1. The predicted octanol–water partition coefficient (Wildman–Crippen LogP) is 4.18. The molecule has 6 heteroatoms. The second-order valence-corrected chi connectivity index (χ2v) is 7.24. The first-order valence-electron chi connectivity index (χ1n) is 9.45. The Balaban J connectivity index is 1.48. The third-order valence-corrected chi connectivity index (χ3v) is 5.53. The number of benzene rings is 2. The van der Waals surface area contributed by atoms with Gasteiger partial charge in [0, 0.05) is 30.7 Å². The fourth-order valence-corrected chi connectivity index (χ4v) is 4.03. The molecule has 2 aromatic carbocycles. The minimum atomic E-state index is 0.0856. The topological polar surface area (TPSA) is 62.7 Å². The molecule has 6 nitrogen and oxygen atoms in total. The van der Waals surface area contributed by atoms with Crippen LogP contribution >= 0.6 is 0 Å². The quantitative estimate of drug-likeness (QED) is 0.509. The summed E-state index contributed by atoms with van der Waals surface area (Å²) >= 11 is 0. The van der Waals surface area contributed by atoms with Crippen molar-refractivity contribution in [2.45, 2.75) is 19.0 Å². The second-order valence-electron chi connectivity index (χ2n) is 7.24. The number of nitriles is 1. The maximum Gasteiger partial charge on any atom is 0.181 e. The molecular formula is C22H20N6. The molecule has 1 aliphatic heterocycles. The molecule has 0 amide bonds. The summed E-state index contributed by atoms with van der Waals surface area (Å²) in [5, 5.41) is 14.8. The van der Waals surface area contributed by atoms with Gasteiger partial charge in [0.15, 0.2) is 6.19 Å². The molecular weight excluding hydrogens is 348 g/mol. The van der Waals surface area contributed by atoms with Crippen molar-refractivity contribution < 1.29 is 0 Å². The molecule has 5 rings (SSSR count). The standard InChI is InChI=1S/C22H20N6/c1-26-21-8-7-17(11-19(21)12-25-26)16-4-2-5-18(10-16)20-13-28(15-24-20)22-6-3-9-27(22)14-23/h2,4-5,7-8,10-13,15,22H,3,6,9H2,1H3. The highest BCUT2D eigenvalue weighted by Gasteiger charge is 2.25. The minimum Gasteiger partial charge on any atom is -0.315 e. The molecule has 0 spiro atoms. The molecule has 138 valence electrons. The first kappa shape index (κ1) is 16.6. The third-order valence-electron chi connectivity index (χ3n) is 5.53. The normalized spacial score (nSPS) is 16.6. The fraction of sp³-hybridized carbons (Fsp3) is 0.227. The molecule has 1 unspecified atom stereocenters. The van der Waals surface area contributed by atoms with E-state index in [1.165, 1.54) is 0 Å². The van der Waals surface area contributed by atoms with Gasteiger partial charge in [-0.05, 0) is 42.2 Å². The van der Waals surface area contributed by atoms with E-state index in [0.29, 0.717) is 0 Å². The summed E-state index contributed by atoms with van der Waals surface area (Å²) in [5.74, 6) is 0. The van der Waals surface area contributed by atoms with Crippen LogP contribution in [-0.2, 0) is 7.05 Å². The van der Waals surface area contributed by atoms with E-state index < -0.39 is 0 Å². The zero-order chi connectivity index (χ0) is 19.1. The number of imidazole rings is 1. The lowest BCUT2D eigenvalue weighted by Crippen LogP contribution is -2.21. The van der Waals surface area contributed by atoms with Crippen LogP contribution in [0.3, 0.4) is 0 Å². The van der Waals surface area contributed by atoms with Gasteiger partial charge in [0.05, 0.1) is 23.7 Å². The molecule has 1 saturated heterocycles. The molecule has 4 aromatic rings. The molecule has 3 heterocycles.